The lowest BCUT2D eigenvalue weighted by Crippen LogP contribution is -2.34. The van der Waals surface area contributed by atoms with Gasteiger partial charge in [0.05, 0.1) is 12.9 Å². The molecule has 0 unspecified atom stereocenters. The molecule has 0 radical (unpaired) electrons. The smallest absolute Gasteiger partial charge is 0.188 e. The molecule has 0 spiro atoms. The van der Waals surface area contributed by atoms with Crippen LogP contribution in [0.2, 0.25) is 0 Å². The van der Waals surface area contributed by atoms with E-state index >= 15 is 0 Å². The molecule has 0 aromatic carbocycles. The summed E-state index contributed by atoms with van der Waals surface area (Å²) in [7, 11) is 3.51. The zero-order valence-electron chi connectivity index (χ0n) is 8.71. The first-order valence-electron chi connectivity index (χ1n) is 4.61. The summed E-state index contributed by atoms with van der Waals surface area (Å²) in [6, 6.07) is 0. The van der Waals surface area contributed by atoms with E-state index in [-0.39, 0.29) is 5.96 Å². The number of nitrogens with zero attached hydrogens (tertiary/aromatic N) is 1. The number of nitrogens with two attached hydrogens (primary N) is 1. The molecular weight excluding hydrogens is 178 g/mol. The molecule has 0 aliphatic heterocycles. The molecule has 1 aliphatic carbocycles. The lowest BCUT2D eigenvalue weighted by Gasteiger charge is -2.20. The van der Waals surface area contributed by atoms with E-state index in [9.17, 15) is 0 Å². The maximum Gasteiger partial charge on any atom is 0.188 e. The minimum absolute atomic E-state index is 0.104. The Labute approximate surface area is 84.5 Å². The topological polar surface area (TPSA) is 62.3 Å². The first kappa shape index (κ1) is 10.6. The highest BCUT2D eigenvalue weighted by molar-refractivity contribution is 5.74. The Kier molecular flexibility index (Phi) is 3.56. The van der Waals surface area contributed by atoms with Crippen LogP contribution >= 0.6 is 0 Å². The standard InChI is InChI=1S/C10H17N3O/c1-13(10(11)12)7-8-3-5-9(14-2)6-4-8/h3,5H,4,6-7H2,1-2H3,(H3,11,12). The van der Waals surface area contributed by atoms with E-state index < -0.39 is 0 Å². The molecule has 0 bridgehead atoms. The fraction of sp³-hybridized carbons (Fsp3) is 0.500. The van der Waals surface area contributed by atoms with Crippen molar-refractivity contribution in [3.05, 3.63) is 23.5 Å². The highest BCUT2D eigenvalue weighted by atomic mass is 16.5. The Morgan fingerprint density at radius 3 is 2.71 bits per heavy atom. The molecule has 0 saturated heterocycles. The lowest BCUT2D eigenvalue weighted by atomic mass is 10.0. The van der Waals surface area contributed by atoms with Crippen molar-refractivity contribution in [2.75, 3.05) is 20.7 Å². The number of allylic oxidation sites excluding steroid dienone is 3. The summed E-state index contributed by atoms with van der Waals surface area (Å²) in [4.78, 5) is 1.72. The van der Waals surface area contributed by atoms with Gasteiger partial charge in [0.15, 0.2) is 5.96 Å². The SMILES string of the molecule is COC1=CC=C(CN(C)C(=N)N)CC1. The van der Waals surface area contributed by atoms with Gasteiger partial charge < -0.3 is 15.4 Å². The molecule has 0 aromatic heterocycles. The molecule has 1 aliphatic rings. The van der Waals surface area contributed by atoms with Gasteiger partial charge in [0.1, 0.15) is 0 Å². The third-order valence-corrected chi connectivity index (χ3v) is 2.31. The Balaban J connectivity index is 2.52. The molecule has 0 amide bonds. The molecular formula is C10H17N3O. The van der Waals surface area contributed by atoms with Crippen LogP contribution in [0.25, 0.3) is 0 Å². The third-order valence-electron chi connectivity index (χ3n) is 2.31. The first-order valence-corrected chi connectivity index (χ1v) is 4.61. The van der Waals surface area contributed by atoms with Crippen LogP contribution in [0.5, 0.6) is 0 Å². The summed E-state index contributed by atoms with van der Waals surface area (Å²) < 4.78 is 5.13. The third kappa shape index (κ3) is 2.80. The maximum absolute atomic E-state index is 7.23. The molecule has 0 heterocycles. The van der Waals surface area contributed by atoms with Crippen LogP contribution in [0.1, 0.15) is 12.8 Å². The van der Waals surface area contributed by atoms with Gasteiger partial charge in [-0.05, 0) is 12.5 Å². The molecule has 4 heteroatoms. The number of methoxy groups -OCH3 is 1. The second-order valence-corrected chi connectivity index (χ2v) is 3.40. The normalized spacial score (nSPS) is 15.6. The number of hydrogen-bond acceptors (Lipinski definition) is 2. The molecule has 3 N–H and O–H groups in total. The second kappa shape index (κ2) is 4.69. The molecule has 0 atom stereocenters. The zero-order valence-corrected chi connectivity index (χ0v) is 8.71. The van der Waals surface area contributed by atoms with Gasteiger partial charge in [-0.3, -0.25) is 5.41 Å². The van der Waals surface area contributed by atoms with Crippen LogP contribution < -0.4 is 5.73 Å². The number of ether oxygens (including phenoxy) is 1. The average Bonchev–Trinajstić information content (AvgIpc) is 2.19. The molecule has 1 rings (SSSR count). The van der Waals surface area contributed by atoms with Crippen molar-refractivity contribution >= 4 is 5.96 Å². The molecule has 0 saturated carbocycles. The van der Waals surface area contributed by atoms with E-state index in [1.54, 1.807) is 12.0 Å². The van der Waals surface area contributed by atoms with Gasteiger partial charge in [-0.2, -0.15) is 0 Å². The number of guanidine groups is 1. The predicted molar refractivity (Wildman–Crippen MR) is 57.0 cm³/mol. The summed E-state index contributed by atoms with van der Waals surface area (Å²) in [5, 5.41) is 7.23. The molecule has 4 nitrogen and oxygen atoms in total. The van der Waals surface area contributed by atoms with Crippen molar-refractivity contribution in [3.8, 4) is 0 Å². The van der Waals surface area contributed by atoms with Gasteiger partial charge in [0.25, 0.3) is 0 Å². The number of likely N-dealkylation sites (N-methyl/N-ethyl adjacent to an activating group) is 1. The molecule has 14 heavy (non-hydrogen) atoms. The Morgan fingerprint density at radius 2 is 2.29 bits per heavy atom. The minimum Gasteiger partial charge on any atom is -0.501 e. The van der Waals surface area contributed by atoms with Crippen LogP contribution in [-0.2, 0) is 4.74 Å². The fourth-order valence-corrected chi connectivity index (χ4v) is 1.35. The molecule has 78 valence electrons. The Bertz CT molecular complexity index is 281. The van der Waals surface area contributed by atoms with Gasteiger partial charge in [-0.25, -0.2) is 0 Å². The maximum atomic E-state index is 7.23. The average molecular weight is 195 g/mol. The van der Waals surface area contributed by atoms with Crippen molar-refractivity contribution in [1.82, 2.24) is 4.90 Å². The van der Waals surface area contributed by atoms with E-state index in [4.69, 9.17) is 15.9 Å². The van der Waals surface area contributed by atoms with Crippen molar-refractivity contribution in [2.45, 2.75) is 12.8 Å². The van der Waals surface area contributed by atoms with Gasteiger partial charge in [0.2, 0.25) is 0 Å². The Hall–Kier alpha value is -1.45. The van der Waals surface area contributed by atoms with Crippen molar-refractivity contribution in [1.29, 1.82) is 5.41 Å². The zero-order chi connectivity index (χ0) is 10.6. The number of nitrogens with one attached hydrogen (secondary N) is 1. The van der Waals surface area contributed by atoms with E-state index in [1.165, 1.54) is 5.57 Å². The van der Waals surface area contributed by atoms with Crippen LogP contribution in [-0.4, -0.2) is 31.6 Å². The van der Waals surface area contributed by atoms with Crippen molar-refractivity contribution in [3.63, 3.8) is 0 Å². The highest BCUT2D eigenvalue weighted by Gasteiger charge is 2.09. The molecule has 0 aromatic rings. The first-order chi connectivity index (χ1) is 6.63. The summed E-state index contributed by atoms with van der Waals surface area (Å²) in [5.41, 5.74) is 6.63. The predicted octanol–water partition coefficient (Wildman–Crippen LogP) is 1.06. The van der Waals surface area contributed by atoms with Gasteiger partial charge >= 0.3 is 0 Å². The van der Waals surface area contributed by atoms with Crippen LogP contribution in [0.3, 0.4) is 0 Å². The van der Waals surface area contributed by atoms with Crippen LogP contribution in [0, 0.1) is 5.41 Å². The largest absolute Gasteiger partial charge is 0.501 e. The van der Waals surface area contributed by atoms with Gasteiger partial charge in [-0.1, -0.05) is 11.6 Å². The van der Waals surface area contributed by atoms with E-state index in [0.717, 1.165) is 25.1 Å². The second-order valence-electron chi connectivity index (χ2n) is 3.40. The quantitative estimate of drug-likeness (QED) is 0.523. The lowest BCUT2D eigenvalue weighted by molar-refractivity contribution is 0.275. The van der Waals surface area contributed by atoms with Gasteiger partial charge in [-0.15, -0.1) is 0 Å². The minimum atomic E-state index is 0.104. The molecule has 0 fully saturated rings. The van der Waals surface area contributed by atoms with Gasteiger partial charge in [0, 0.05) is 20.0 Å². The summed E-state index contributed by atoms with van der Waals surface area (Å²) in [6.07, 6.45) is 5.94. The summed E-state index contributed by atoms with van der Waals surface area (Å²) in [6.45, 7) is 0.725. The van der Waals surface area contributed by atoms with Crippen LogP contribution in [0.4, 0.5) is 0 Å². The van der Waals surface area contributed by atoms with Crippen molar-refractivity contribution < 1.29 is 4.74 Å². The highest BCUT2D eigenvalue weighted by Crippen LogP contribution is 2.18. The summed E-state index contributed by atoms with van der Waals surface area (Å²) >= 11 is 0. The van der Waals surface area contributed by atoms with E-state index in [0.29, 0.717) is 0 Å². The number of rotatable bonds is 3. The Morgan fingerprint density at radius 1 is 1.57 bits per heavy atom. The number of hydrogen-bond donors (Lipinski definition) is 2. The summed E-state index contributed by atoms with van der Waals surface area (Å²) in [5.74, 6) is 1.12. The van der Waals surface area contributed by atoms with Crippen molar-refractivity contribution in [2.24, 2.45) is 5.73 Å². The fourth-order valence-electron chi connectivity index (χ4n) is 1.35. The monoisotopic (exact) mass is 195 g/mol. The van der Waals surface area contributed by atoms with Crippen LogP contribution in [0.15, 0.2) is 23.5 Å². The van der Waals surface area contributed by atoms with E-state index in [2.05, 4.69) is 0 Å². The van der Waals surface area contributed by atoms with E-state index in [1.807, 2.05) is 19.2 Å².